The molecule has 0 aromatic heterocycles. The van der Waals surface area contributed by atoms with Crippen LogP contribution in [0.1, 0.15) is 19.4 Å². The molecule has 0 bridgehead atoms. The number of hydrogen-bond acceptors (Lipinski definition) is 3. The predicted molar refractivity (Wildman–Crippen MR) is 65.7 cm³/mol. The maximum atomic E-state index is 9.72. The van der Waals surface area contributed by atoms with E-state index in [2.05, 4.69) is 6.07 Å². The van der Waals surface area contributed by atoms with Crippen molar-refractivity contribution in [3.63, 3.8) is 0 Å². The zero-order valence-electron chi connectivity index (χ0n) is 9.66. The van der Waals surface area contributed by atoms with Gasteiger partial charge in [0.05, 0.1) is 21.9 Å². The van der Waals surface area contributed by atoms with Crippen LogP contribution in [0.2, 0.25) is 5.02 Å². The maximum absolute atomic E-state index is 9.72. The first-order valence-electron chi connectivity index (χ1n) is 4.97. The number of benzene rings is 1. The van der Waals surface area contributed by atoms with Gasteiger partial charge < -0.3 is 10.0 Å². The summed E-state index contributed by atoms with van der Waals surface area (Å²) in [7, 11) is 1.82. The Labute approximate surface area is 101 Å². The van der Waals surface area contributed by atoms with E-state index in [4.69, 9.17) is 16.9 Å². The number of likely N-dealkylation sites (N-methyl/N-ethyl adjacent to an activating group) is 1. The third-order valence-electron chi connectivity index (χ3n) is 2.14. The Kier molecular flexibility index (Phi) is 3.79. The van der Waals surface area contributed by atoms with Gasteiger partial charge in [0.25, 0.3) is 0 Å². The molecular weight excluding hydrogens is 224 g/mol. The van der Waals surface area contributed by atoms with Crippen molar-refractivity contribution >= 4 is 17.3 Å². The Balaban J connectivity index is 3.05. The molecule has 0 unspecified atom stereocenters. The van der Waals surface area contributed by atoms with E-state index < -0.39 is 5.60 Å². The Morgan fingerprint density at radius 3 is 2.62 bits per heavy atom. The molecule has 1 rings (SSSR count). The summed E-state index contributed by atoms with van der Waals surface area (Å²) in [6, 6.07) is 7.36. The molecule has 1 aromatic rings. The molecule has 0 fully saturated rings. The van der Waals surface area contributed by atoms with Crippen molar-refractivity contribution in [1.29, 1.82) is 5.26 Å². The molecule has 0 amide bonds. The van der Waals surface area contributed by atoms with Crippen molar-refractivity contribution in [3.05, 3.63) is 28.8 Å². The highest BCUT2D eigenvalue weighted by molar-refractivity contribution is 6.32. The van der Waals surface area contributed by atoms with Gasteiger partial charge in [-0.2, -0.15) is 5.26 Å². The van der Waals surface area contributed by atoms with Gasteiger partial charge in [-0.15, -0.1) is 0 Å². The SMILES string of the molecule is CN(CC(C)(C)O)c1cccc(Cl)c1C#N. The van der Waals surface area contributed by atoms with E-state index in [1.165, 1.54) is 0 Å². The van der Waals surface area contributed by atoms with Crippen molar-refractivity contribution in [2.24, 2.45) is 0 Å². The molecular formula is C12H15ClN2O. The molecule has 0 saturated carbocycles. The monoisotopic (exact) mass is 238 g/mol. The normalized spacial score (nSPS) is 11.0. The van der Waals surface area contributed by atoms with Crippen LogP contribution in [0, 0.1) is 11.3 Å². The van der Waals surface area contributed by atoms with Crippen LogP contribution in [0.5, 0.6) is 0 Å². The van der Waals surface area contributed by atoms with Gasteiger partial charge in [0.15, 0.2) is 0 Å². The summed E-state index contributed by atoms with van der Waals surface area (Å²) >= 11 is 5.93. The average Bonchev–Trinajstić information content (AvgIpc) is 2.14. The summed E-state index contributed by atoms with van der Waals surface area (Å²) in [5.41, 5.74) is 0.358. The summed E-state index contributed by atoms with van der Waals surface area (Å²) in [4.78, 5) is 1.82. The lowest BCUT2D eigenvalue weighted by Crippen LogP contribution is -2.36. The van der Waals surface area contributed by atoms with Gasteiger partial charge in [-0.3, -0.25) is 0 Å². The third-order valence-corrected chi connectivity index (χ3v) is 2.45. The number of nitriles is 1. The van der Waals surface area contributed by atoms with Crippen molar-refractivity contribution in [2.45, 2.75) is 19.4 Å². The fourth-order valence-electron chi connectivity index (χ4n) is 1.61. The van der Waals surface area contributed by atoms with Crippen LogP contribution < -0.4 is 4.90 Å². The molecule has 0 heterocycles. The first kappa shape index (κ1) is 12.8. The summed E-state index contributed by atoms with van der Waals surface area (Å²) in [6.07, 6.45) is 0. The number of hydrogen-bond donors (Lipinski definition) is 1. The molecule has 16 heavy (non-hydrogen) atoms. The minimum absolute atomic E-state index is 0.433. The van der Waals surface area contributed by atoms with Crippen molar-refractivity contribution in [1.82, 2.24) is 0 Å². The third kappa shape index (κ3) is 3.13. The van der Waals surface area contributed by atoms with Crippen LogP contribution in [-0.4, -0.2) is 24.3 Å². The summed E-state index contributed by atoms with van der Waals surface area (Å²) in [5.74, 6) is 0. The van der Waals surface area contributed by atoms with Crippen LogP contribution >= 0.6 is 11.6 Å². The maximum Gasteiger partial charge on any atom is 0.103 e. The van der Waals surface area contributed by atoms with E-state index in [1.54, 1.807) is 26.0 Å². The van der Waals surface area contributed by atoms with Crippen LogP contribution in [0.3, 0.4) is 0 Å². The molecule has 0 aliphatic rings. The topological polar surface area (TPSA) is 47.3 Å². The highest BCUT2D eigenvalue weighted by Gasteiger charge is 2.18. The van der Waals surface area contributed by atoms with Gasteiger partial charge in [0.2, 0.25) is 0 Å². The summed E-state index contributed by atoms with van der Waals surface area (Å²) in [5, 5.41) is 19.2. The van der Waals surface area contributed by atoms with Crippen molar-refractivity contribution in [3.8, 4) is 6.07 Å². The van der Waals surface area contributed by atoms with E-state index in [0.29, 0.717) is 17.1 Å². The van der Waals surface area contributed by atoms with Gasteiger partial charge in [0, 0.05) is 13.6 Å². The zero-order valence-corrected chi connectivity index (χ0v) is 10.4. The first-order chi connectivity index (χ1) is 7.35. The summed E-state index contributed by atoms with van der Waals surface area (Å²) in [6.45, 7) is 3.88. The number of nitrogens with zero attached hydrogens (tertiary/aromatic N) is 2. The van der Waals surface area contributed by atoms with E-state index in [-0.39, 0.29) is 0 Å². The Hall–Kier alpha value is -1.24. The summed E-state index contributed by atoms with van der Waals surface area (Å²) < 4.78 is 0. The minimum atomic E-state index is -0.816. The standard InChI is InChI=1S/C12H15ClN2O/c1-12(2,16)8-15(3)11-6-4-5-10(13)9(11)7-14/h4-6,16H,8H2,1-3H3. The molecule has 0 spiro atoms. The van der Waals surface area contributed by atoms with Crippen molar-refractivity contribution in [2.75, 3.05) is 18.5 Å². The lowest BCUT2D eigenvalue weighted by Gasteiger charge is -2.28. The van der Waals surface area contributed by atoms with E-state index in [9.17, 15) is 5.11 Å². The molecule has 1 N–H and O–H groups in total. The molecule has 0 saturated heterocycles. The number of halogens is 1. The van der Waals surface area contributed by atoms with Gasteiger partial charge >= 0.3 is 0 Å². The second-order valence-corrected chi connectivity index (χ2v) is 4.82. The number of anilines is 1. The first-order valence-corrected chi connectivity index (χ1v) is 5.35. The second kappa shape index (κ2) is 4.73. The largest absolute Gasteiger partial charge is 0.389 e. The number of aliphatic hydroxyl groups is 1. The predicted octanol–water partition coefficient (Wildman–Crippen LogP) is 2.42. The number of rotatable bonds is 3. The Bertz CT molecular complexity index is 418. The Morgan fingerprint density at radius 2 is 2.12 bits per heavy atom. The van der Waals surface area contributed by atoms with Gasteiger partial charge in [-0.05, 0) is 26.0 Å². The van der Waals surface area contributed by atoms with Crippen molar-refractivity contribution < 1.29 is 5.11 Å². The molecule has 0 atom stereocenters. The molecule has 3 nitrogen and oxygen atoms in total. The minimum Gasteiger partial charge on any atom is -0.389 e. The molecule has 0 radical (unpaired) electrons. The molecule has 0 aliphatic carbocycles. The van der Waals surface area contributed by atoms with E-state index in [1.807, 2.05) is 18.0 Å². The fourth-order valence-corrected chi connectivity index (χ4v) is 1.82. The molecule has 0 aliphatic heterocycles. The van der Waals surface area contributed by atoms with E-state index >= 15 is 0 Å². The van der Waals surface area contributed by atoms with Gasteiger partial charge in [-0.1, -0.05) is 17.7 Å². The lowest BCUT2D eigenvalue weighted by atomic mass is 10.1. The van der Waals surface area contributed by atoms with Gasteiger partial charge in [0.1, 0.15) is 6.07 Å². The van der Waals surface area contributed by atoms with Crippen LogP contribution in [0.15, 0.2) is 18.2 Å². The molecule has 86 valence electrons. The highest BCUT2D eigenvalue weighted by atomic mass is 35.5. The smallest absolute Gasteiger partial charge is 0.103 e. The second-order valence-electron chi connectivity index (χ2n) is 4.41. The lowest BCUT2D eigenvalue weighted by molar-refractivity contribution is 0.0886. The highest BCUT2D eigenvalue weighted by Crippen LogP contribution is 2.26. The van der Waals surface area contributed by atoms with Crippen LogP contribution in [-0.2, 0) is 0 Å². The Morgan fingerprint density at radius 1 is 1.50 bits per heavy atom. The van der Waals surface area contributed by atoms with Crippen LogP contribution in [0.4, 0.5) is 5.69 Å². The van der Waals surface area contributed by atoms with Gasteiger partial charge in [-0.25, -0.2) is 0 Å². The fraction of sp³-hybridized carbons (Fsp3) is 0.417. The van der Waals surface area contributed by atoms with E-state index in [0.717, 1.165) is 5.69 Å². The average molecular weight is 239 g/mol. The van der Waals surface area contributed by atoms with Crippen LogP contribution in [0.25, 0.3) is 0 Å². The molecule has 4 heteroatoms. The molecule has 1 aromatic carbocycles. The zero-order chi connectivity index (χ0) is 12.3. The quantitative estimate of drug-likeness (QED) is 0.880.